The topological polar surface area (TPSA) is 106 Å². The monoisotopic (exact) mass is 597 g/mol. The Kier molecular flexibility index (Phi) is 9.23. The fraction of sp³-hybridized carbons (Fsp3) is 0.357. The number of hydrogen-bond donors (Lipinski definition) is 1. The Labute approximate surface area is 236 Å². The molecule has 3 aromatic rings. The second kappa shape index (κ2) is 12.8. The molecule has 1 aliphatic rings. The van der Waals surface area contributed by atoms with Crippen LogP contribution in [0.3, 0.4) is 0 Å². The van der Waals surface area contributed by atoms with Crippen molar-refractivity contribution >= 4 is 39.5 Å². The third-order valence-electron chi connectivity index (χ3n) is 6.48. The minimum absolute atomic E-state index is 0.0979. The first-order chi connectivity index (χ1) is 18.8. The van der Waals surface area contributed by atoms with E-state index in [-0.39, 0.29) is 17.9 Å². The van der Waals surface area contributed by atoms with Crippen molar-refractivity contribution in [3.63, 3.8) is 0 Å². The van der Waals surface area contributed by atoms with E-state index >= 15 is 0 Å². The van der Waals surface area contributed by atoms with Crippen molar-refractivity contribution in [2.75, 3.05) is 38.1 Å². The molecule has 11 heteroatoms. The Balaban J connectivity index is 1.32. The minimum Gasteiger partial charge on any atom is -0.488 e. The molecule has 206 valence electrons. The lowest BCUT2D eigenvalue weighted by Gasteiger charge is -2.35. The number of piperazine rings is 1. The van der Waals surface area contributed by atoms with E-state index in [9.17, 15) is 14.4 Å². The van der Waals surface area contributed by atoms with Gasteiger partial charge in [0, 0.05) is 37.9 Å². The number of aromatic nitrogens is 2. The first kappa shape index (κ1) is 28.2. The molecular weight excluding hydrogens is 566 g/mol. The molecule has 0 bridgehead atoms. The summed E-state index contributed by atoms with van der Waals surface area (Å²) in [5.41, 5.74) is 2.57. The SMILES string of the molecule is CCOC(=O)N1CCN(C(=O)C(C)n2cc(NC(=O)c3ccc(COc4ccccc4Br)cc3)c(C)n2)CC1. The Bertz CT molecular complexity index is 1320. The Morgan fingerprint density at radius 2 is 1.69 bits per heavy atom. The average Bonchev–Trinajstić information content (AvgIpc) is 3.32. The number of amides is 3. The number of rotatable bonds is 8. The van der Waals surface area contributed by atoms with Crippen molar-refractivity contribution in [3.8, 4) is 5.75 Å². The molecule has 2 heterocycles. The van der Waals surface area contributed by atoms with Crippen LogP contribution in [0.25, 0.3) is 0 Å². The van der Waals surface area contributed by atoms with Crippen LogP contribution in [0, 0.1) is 6.92 Å². The van der Waals surface area contributed by atoms with E-state index in [1.807, 2.05) is 36.4 Å². The Morgan fingerprint density at radius 3 is 2.36 bits per heavy atom. The van der Waals surface area contributed by atoms with Gasteiger partial charge in [-0.15, -0.1) is 0 Å². The highest BCUT2D eigenvalue weighted by Gasteiger charge is 2.29. The van der Waals surface area contributed by atoms with Crippen LogP contribution in [0.4, 0.5) is 10.5 Å². The minimum atomic E-state index is -0.563. The summed E-state index contributed by atoms with van der Waals surface area (Å²) >= 11 is 3.47. The molecule has 2 aromatic carbocycles. The zero-order valence-corrected chi connectivity index (χ0v) is 23.8. The lowest BCUT2D eigenvalue weighted by molar-refractivity contribution is -0.136. The molecule has 0 radical (unpaired) electrons. The Hall–Kier alpha value is -3.86. The Morgan fingerprint density at radius 1 is 1.03 bits per heavy atom. The van der Waals surface area contributed by atoms with Gasteiger partial charge in [-0.25, -0.2) is 4.79 Å². The van der Waals surface area contributed by atoms with Crippen LogP contribution < -0.4 is 10.1 Å². The first-order valence-electron chi connectivity index (χ1n) is 12.8. The molecule has 1 unspecified atom stereocenters. The molecule has 0 aliphatic carbocycles. The van der Waals surface area contributed by atoms with Gasteiger partial charge in [0.2, 0.25) is 5.91 Å². The van der Waals surface area contributed by atoms with Crippen LogP contribution in [-0.4, -0.2) is 70.3 Å². The molecule has 1 fully saturated rings. The maximum Gasteiger partial charge on any atom is 0.409 e. The van der Waals surface area contributed by atoms with E-state index in [0.717, 1.165) is 15.8 Å². The van der Waals surface area contributed by atoms with Crippen molar-refractivity contribution in [3.05, 3.63) is 76.0 Å². The van der Waals surface area contributed by atoms with Gasteiger partial charge in [-0.2, -0.15) is 5.10 Å². The van der Waals surface area contributed by atoms with E-state index in [4.69, 9.17) is 9.47 Å². The smallest absolute Gasteiger partial charge is 0.409 e. The van der Waals surface area contributed by atoms with Crippen LogP contribution >= 0.6 is 15.9 Å². The maximum atomic E-state index is 13.1. The number of aryl methyl sites for hydroxylation is 1. The second-order valence-electron chi connectivity index (χ2n) is 9.17. The van der Waals surface area contributed by atoms with Gasteiger partial charge in [0.25, 0.3) is 5.91 Å². The largest absolute Gasteiger partial charge is 0.488 e. The van der Waals surface area contributed by atoms with Crippen LogP contribution in [0.15, 0.2) is 59.2 Å². The average molecular weight is 598 g/mol. The molecule has 0 saturated carbocycles. The van der Waals surface area contributed by atoms with Gasteiger partial charge >= 0.3 is 6.09 Å². The zero-order chi connectivity index (χ0) is 27.9. The van der Waals surface area contributed by atoms with Crippen LogP contribution in [0.5, 0.6) is 5.75 Å². The number of halogens is 1. The number of para-hydroxylation sites is 1. The first-order valence-corrected chi connectivity index (χ1v) is 13.6. The van der Waals surface area contributed by atoms with Gasteiger partial charge in [0.05, 0.1) is 22.5 Å². The van der Waals surface area contributed by atoms with E-state index in [2.05, 4.69) is 26.3 Å². The third kappa shape index (κ3) is 6.97. The number of carbonyl (C=O) groups excluding carboxylic acids is 3. The van der Waals surface area contributed by atoms with Gasteiger partial charge in [-0.1, -0.05) is 24.3 Å². The fourth-order valence-corrected chi connectivity index (χ4v) is 4.57. The van der Waals surface area contributed by atoms with Crippen LogP contribution in [0.2, 0.25) is 0 Å². The molecule has 10 nitrogen and oxygen atoms in total. The summed E-state index contributed by atoms with van der Waals surface area (Å²) in [4.78, 5) is 41.2. The second-order valence-corrected chi connectivity index (χ2v) is 10.0. The standard InChI is InChI=1S/C28H32BrN5O5/c1-4-38-28(37)33-15-13-32(14-16-33)27(36)20(3)34-17-24(19(2)31-34)30-26(35)22-11-9-21(10-12-22)18-39-25-8-6-5-7-23(25)29/h5-12,17,20H,4,13-16,18H2,1-3H3,(H,30,35). The van der Waals surface area contributed by atoms with E-state index in [1.54, 1.807) is 53.6 Å². The maximum absolute atomic E-state index is 13.1. The number of hydrogen-bond acceptors (Lipinski definition) is 6. The highest BCUT2D eigenvalue weighted by Crippen LogP contribution is 2.25. The van der Waals surface area contributed by atoms with E-state index in [1.165, 1.54) is 0 Å². The lowest BCUT2D eigenvalue weighted by Crippen LogP contribution is -2.52. The normalized spacial score (nSPS) is 14.1. The molecule has 1 N–H and O–H groups in total. The summed E-state index contributed by atoms with van der Waals surface area (Å²) in [5.74, 6) is 0.377. The van der Waals surface area contributed by atoms with Gasteiger partial charge in [-0.3, -0.25) is 14.3 Å². The number of nitrogens with zero attached hydrogens (tertiary/aromatic N) is 4. The van der Waals surface area contributed by atoms with Gasteiger partial charge < -0.3 is 24.6 Å². The highest BCUT2D eigenvalue weighted by atomic mass is 79.9. The molecule has 0 spiro atoms. The molecule has 3 amide bonds. The van der Waals surface area contributed by atoms with Gasteiger partial charge in [0.1, 0.15) is 18.4 Å². The molecule has 1 saturated heterocycles. The molecule has 1 atom stereocenters. The van der Waals surface area contributed by atoms with Crippen molar-refractivity contribution in [2.24, 2.45) is 0 Å². The lowest BCUT2D eigenvalue weighted by atomic mass is 10.1. The number of nitrogens with one attached hydrogen (secondary N) is 1. The van der Waals surface area contributed by atoms with Crippen molar-refractivity contribution in [1.29, 1.82) is 0 Å². The third-order valence-corrected chi connectivity index (χ3v) is 7.14. The molecular formula is C28H32BrN5O5. The fourth-order valence-electron chi connectivity index (χ4n) is 4.17. The van der Waals surface area contributed by atoms with Crippen molar-refractivity contribution < 1.29 is 23.9 Å². The van der Waals surface area contributed by atoms with Crippen LogP contribution in [0.1, 0.15) is 41.5 Å². The van der Waals surface area contributed by atoms with Crippen molar-refractivity contribution in [2.45, 2.75) is 33.4 Å². The number of ether oxygens (including phenoxy) is 2. The zero-order valence-electron chi connectivity index (χ0n) is 22.2. The van der Waals surface area contributed by atoms with Gasteiger partial charge in [-0.05, 0) is 66.5 Å². The van der Waals surface area contributed by atoms with E-state index in [0.29, 0.717) is 56.3 Å². The summed E-state index contributed by atoms with van der Waals surface area (Å²) in [5, 5.41) is 7.36. The predicted octanol–water partition coefficient (Wildman–Crippen LogP) is 4.65. The summed E-state index contributed by atoms with van der Waals surface area (Å²) < 4.78 is 13.3. The van der Waals surface area contributed by atoms with Crippen LogP contribution in [-0.2, 0) is 16.1 Å². The summed E-state index contributed by atoms with van der Waals surface area (Å²) in [6.45, 7) is 7.71. The number of carbonyl (C=O) groups is 3. The predicted molar refractivity (Wildman–Crippen MR) is 150 cm³/mol. The molecule has 4 rings (SSSR count). The summed E-state index contributed by atoms with van der Waals surface area (Å²) in [6.07, 6.45) is 1.31. The quantitative estimate of drug-likeness (QED) is 0.405. The number of benzene rings is 2. The highest BCUT2D eigenvalue weighted by molar-refractivity contribution is 9.10. The van der Waals surface area contributed by atoms with Crippen molar-refractivity contribution in [1.82, 2.24) is 19.6 Å². The summed E-state index contributed by atoms with van der Waals surface area (Å²) in [6, 6.07) is 14.3. The van der Waals surface area contributed by atoms with E-state index < -0.39 is 6.04 Å². The molecule has 39 heavy (non-hydrogen) atoms. The van der Waals surface area contributed by atoms with Gasteiger partial charge in [0.15, 0.2) is 0 Å². The molecule has 1 aromatic heterocycles. The number of anilines is 1. The summed E-state index contributed by atoms with van der Waals surface area (Å²) in [7, 11) is 0. The molecule has 1 aliphatic heterocycles.